The van der Waals surface area contributed by atoms with E-state index in [1.807, 2.05) is 43.5 Å². The van der Waals surface area contributed by atoms with Crippen LogP contribution in [0.2, 0.25) is 0 Å². The average Bonchev–Trinajstić information content (AvgIpc) is 2.55. The predicted octanol–water partition coefficient (Wildman–Crippen LogP) is 3.18. The van der Waals surface area contributed by atoms with Gasteiger partial charge in [0.05, 0.1) is 5.69 Å². The molecule has 2 rings (SSSR count). The van der Waals surface area contributed by atoms with Crippen molar-refractivity contribution in [1.29, 1.82) is 0 Å². The second-order valence-electron chi connectivity index (χ2n) is 5.21. The van der Waals surface area contributed by atoms with Crippen molar-refractivity contribution in [3.8, 4) is 5.75 Å². The van der Waals surface area contributed by atoms with Crippen LogP contribution in [0.5, 0.6) is 5.75 Å². The summed E-state index contributed by atoms with van der Waals surface area (Å²) in [7, 11) is 0. The number of unbranched alkanes of at least 4 members (excludes halogenated alkanes) is 1. The Morgan fingerprint density at radius 2 is 1.87 bits per heavy atom. The van der Waals surface area contributed by atoms with Crippen molar-refractivity contribution < 1.29 is 9.84 Å². The van der Waals surface area contributed by atoms with E-state index in [9.17, 15) is 4.79 Å². The van der Waals surface area contributed by atoms with Crippen molar-refractivity contribution in [2.45, 2.75) is 39.3 Å². The molecule has 0 aliphatic carbocycles. The molecule has 2 aromatic rings. The van der Waals surface area contributed by atoms with Gasteiger partial charge in [0.1, 0.15) is 6.61 Å². The van der Waals surface area contributed by atoms with Crippen LogP contribution in [0, 0.1) is 0 Å². The van der Waals surface area contributed by atoms with Crippen LogP contribution in [-0.2, 0) is 19.6 Å². The summed E-state index contributed by atoms with van der Waals surface area (Å²) >= 11 is 0. The van der Waals surface area contributed by atoms with Gasteiger partial charge in [0.25, 0.3) is 0 Å². The van der Waals surface area contributed by atoms with Crippen molar-refractivity contribution in [3.05, 3.63) is 64.1 Å². The van der Waals surface area contributed by atoms with Crippen LogP contribution in [0.1, 0.15) is 31.0 Å². The van der Waals surface area contributed by atoms with Gasteiger partial charge in [0.15, 0.2) is 5.75 Å². The van der Waals surface area contributed by atoms with Crippen molar-refractivity contribution in [2.75, 3.05) is 6.61 Å². The number of aromatic nitrogens is 1. The fourth-order valence-electron chi connectivity index (χ4n) is 2.45. The summed E-state index contributed by atoms with van der Waals surface area (Å²) in [4.78, 5) is 12.1. The molecule has 0 saturated heterocycles. The quantitative estimate of drug-likeness (QED) is 0.753. The second kappa shape index (κ2) is 10.1. The molecule has 1 N–H and O–H groups in total. The summed E-state index contributed by atoms with van der Waals surface area (Å²) in [6, 6.07) is 11.4. The van der Waals surface area contributed by atoms with Gasteiger partial charge in [-0.2, -0.15) is 0 Å². The maximum atomic E-state index is 12.1. The maximum absolute atomic E-state index is 12.1. The Kier molecular flexibility index (Phi) is 8.45. The highest BCUT2D eigenvalue weighted by atomic mass is 35.5. The van der Waals surface area contributed by atoms with Crippen molar-refractivity contribution >= 4 is 12.4 Å². The van der Waals surface area contributed by atoms with Crippen LogP contribution in [0.3, 0.4) is 0 Å². The first kappa shape index (κ1) is 19.3. The van der Waals surface area contributed by atoms with E-state index in [-0.39, 0.29) is 24.4 Å². The molecule has 0 fully saturated rings. The third kappa shape index (κ3) is 5.41. The van der Waals surface area contributed by atoms with E-state index in [4.69, 9.17) is 9.84 Å². The number of hydrogen-bond donors (Lipinski definition) is 1. The molecule has 1 aromatic carbocycles. The third-order valence-electron chi connectivity index (χ3n) is 3.61. The van der Waals surface area contributed by atoms with Gasteiger partial charge in [-0.1, -0.05) is 37.3 Å². The first-order chi connectivity index (χ1) is 10.8. The molecule has 0 bridgehead atoms. The SMILES string of the molecule is CCc1c(OCc2ccccc2)c(=O)ccn1CCCCO.Cl. The molecule has 23 heavy (non-hydrogen) atoms. The van der Waals surface area contributed by atoms with Gasteiger partial charge >= 0.3 is 0 Å². The molecule has 0 spiro atoms. The first-order valence-corrected chi connectivity index (χ1v) is 7.76. The van der Waals surface area contributed by atoms with Gasteiger partial charge < -0.3 is 14.4 Å². The van der Waals surface area contributed by atoms with Crippen LogP contribution in [0.15, 0.2) is 47.4 Å². The summed E-state index contributed by atoms with van der Waals surface area (Å²) < 4.78 is 7.86. The molecule has 0 aliphatic heterocycles. The standard InChI is InChI=1S/C18H23NO3.ClH/c1-2-16-18(22-14-15-8-4-3-5-9-15)17(21)10-12-19(16)11-6-7-13-20;/h3-5,8-10,12,20H,2,6-7,11,13-14H2,1H3;1H. The summed E-state index contributed by atoms with van der Waals surface area (Å²) in [6.07, 6.45) is 4.19. The minimum atomic E-state index is -0.0776. The second-order valence-corrected chi connectivity index (χ2v) is 5.21. The number of nitrogens with zero attached hydrogens (tertiary/aromatic N) is 1. The lowest BCUT2D eigenvalue weighted by Crippen LogP contribution is -2.17. The fraction of sp³-hybridized carbons (Fsp3) is 0.389. The Morgan fingerprint density at radius 1 is 1.13 bits per heavy atom. The maximum Gasteiger partial charge on any atom is 0.223 e. The van der Waals surface area contributed by atoms with E-state index in [1.165, 1.54) is 0 Å². The van der Waals surface area contributed by atoms with Gasteiger partial charge in [-0.25, -0.2) is 0 Å². The molecule has 0 saturated carbocycles. The highest BCUT2D eigenvalue weighted by Gasteiger charge is 2.11. The zero-order valence-electron chi connectivity index (χ0n) is 13.4. The molecule has 4 nitrogen and oxygen atoms in total. The van der Waals surface area contributed by atoms with Gasteiger partial charge in [0.2, 0.25) is 5.43 Å². The van der Waals surface area contributed by atoms with E-state index in [1.54, 1.807) is 6.07 Å². The van der Waals surface area contributed by atoms with E-state index in [0.29, 0.717) is 12.4 Å². The molecule has 5 heteroatoms. The Hall–Kier alpha value is -1.78. The average molecular weight is 338 g/mol. The van der Waals surface area contributed by atoms with Crippen molar-refractivity contribution in [3.63, 3.8) is 0 Å². The highest BCUT2D eigenvalue weighted by molar-refractivity contribution is 5.85. The highest BCUT2D eigenvalue weighted by Crippen LogP contribution is 2.16. The zero-order chi connectivity index (χ0) is 15.8. The number of aryl methyl sites for hydroxylation is 1. The topological polar surface area (TPSA) is 51.5 Å². The molecule has 0 aliphatic rings. The van der Waals surface area contributed by atoms with Crippen LogP contribution in [-0.4, -0.2) is 16.3 Å². The number of rotatable bonds is 8. The van der Waals surface area contributed by atoms with Crippen LogP contribution in [0.25, 0.3) is 0 Å². The Balaban J connectivity index is 0.00000264. The zero-order valence-corrected chi connectivity index (χ0v) is 14.2. The van der Waals surface area contributed by atoms with Crippen LogP contribution >= 0.6 is 12.4 Å². The molecular weight excluding hydrogens is 314 g/mol. The van der Waals surface area contributed by atoms with E-state index in [2.05, 4.69) is 4.57 Å². The number of pyridine rings is 1. The number of aliphatic hydroxyl groups excluding tert-OH is 1. The Bertz CT molecular complexity index is 640. The molecule has 0 amide bonds. The summed E-state index contributed by atoms with van der Waals surface area (Å²) in [5.74, 6) is 0.442. The van der Waals surface area contributed by atoms with E-state index < -0.39 is 0 Å². The van der Waals surface area contributed by atoms with Gasteiger partial charge in [-0.15, -0.1) is 12.4 Å². The lowest BCUT2D eigenvalue weighted by Gasteiger charge is -2.16. The molecule has 1 aromatic heterocycles. The van der Waals surface area contributed by atoms with Crippen LogP contribution in [0.4, 0.5) is 0 Å². The molecule has 0 radical (unpaired) electrons. The number of aliphatic hydroxyl groups is 1. The van der Waals surface area contributed by atoms with Crippen LogP contribution < -0.4 is 10.2 Å². The van der Waals surface area contributed by atoms with Crippen molar-refractivity contribution in [1.82, 2.24) is 4.57 Å². The monoisotopic (exact) mass is 337 g/mol. The third-order valence-corrected chi connectivity index (χ3v) is 3.61. The van der Waals surface area contributed by atoms with Gasteiger partial charge in [0, 0.05) is 25.4 Å². The largest absolute Gasteiger partial charge is 0.483 e. The molecule has 0 atom stereocenters. The van der Waals surface area contributed by atoms with Crippen molar-refractivity contribution in [2.24, 2.45) is 0 Å². The minimum absolute atomic E-state index is 0. The Morgan fingerprint density at radius 3 is 2.52 bits per heavy atom. The minimum Gasteiger partial charge on any atom is -0.483 e. The lowest BCUT2D eigenvalue weighted by atomic mass is 10.2. The first-order valence-electron chi connectivity index (χ1n) is 7.76. The summed E-state index contributed by atoms with van der Waals surface area (Å²) in [5.41, 5.74) is 1.88. The summed E-state index contributed by atoms with van der Waals surface area (Å²) in [6.45, 7) is 3.39. The van der Waals surface area contributed by atoms with E-state index >= 15 is 0 Å². The van der Waals surface area contributed by atoms with Gasteiger partial charge in [-0.05, 0) is 24.8 Å². The Labute approximate surface area is 143 Å². The smallest absolute Gasteiger partial charge is 0.223 e. The number of benzene rings is 1. The fourth-order valence-corrected chi connectivity index (χ4v) is 2.45. The number of ether oxygens (including phenoxy) is 1. The number of hydrogen-bond acceptors (Lipinski definition) is 3. The predicted molar refractivity (Wildman–Crippen MR) is 94.4 cm³/mol. The molecular formula is C18H24ClNO3. The molecule has 1 heterocycles. The van der Waals surface area contributed by atoms with E-state index in [0.717, 1.165) is 37.1 Å². The number of halogens is 1. The molecule has 0 unspecified atom stereocenters. The molecule has 126 valence electrons. The lowest BCUT2D eigenvalue weighted by molar-refractivity contribution is 0.279. The normalized spacial score (nSPS) is 10.2. The summed E-state index contributed by atoms with van der Waals surface area (Å²) in [5, 5.41) is 8.90. The van der Waals surface area contributed by atoms with Gasteiger partial charge in [-0.3, -0.25) is 4.79 Å².